The number of nitrogens with zero attached hydrogens (tertiary/aromatic N) is 2. The van der Waals surface area contributed by atoms with Gasteiger partial charge < -0.3 is 10.1 Å². The Labute approximate surface area is 166 Å². The van der Waals surface area contributed by atoms with Gasteiger partial charge in [-0.05, 0) is 36.8 Å². The lowest BCUT2D eigenvalue weighted by Gasteiger charge is -2.21. The van der Waals surface area contributed by atoms with Crippen molar-refractivity contribution < 1.29 is 14.3 Å². The van der Waals surface area contributed by atoms with Crippen LogP contribution in [-0.4, -0.2) is 28.9 Å². The number of ether oxygens (including phenoxy) is 1. The van der Waals surface area contributed by atoms with Gasteiger partial charge in [-0.3, -0.25) is 9.69 Å². The molecule has 0 bridgehead atoms. The van der Waals surface area contributed by atoms with Crippen LogP contribution in [0.2, 0.25) is 0 Å². The number of methoxy groups -OCH3 is 1. The first-order valence-electron chi connectivity index (χ1n) is 8.80. The van der Waals surface area contributed by atoms with Crippen LogP contribution >= 0.6 is 11.3 Å². The van der Waals surface area contributed by atoms with E-state index in [2.05, 4.69) is 10.3 Å². The highest BCUT2D eigenvalue weighted by Crippen LogP contribution is 2.31. The number of carbonyl (C=O) groups is 2. The average Bonchev–Trinajstić information content (AvgIpc) is 3.28. The zero-order valence-electron chi connectivity index (χ0n) is 15.5. The number of amides is 3. The van der Waals surface area contributed by atoms with Crippen molar-refractivity contribution in [3.8, 4) is 16.3 Å². The van der Waals surface area contributed by atoms with Gasteiger partial charge in [-0.25, -0.2) is 9.78 Å². The van der Waals surface area contributed by atoms with Crippen LogP contribution < -0.4 is 10.1 Å². The first-order valence-corrected chi connectivity index (χ1v) is 9.68. The number of carbonyl (C=O) groups excluding carboxylic acids is 2. The molecule has 0 radical (unpaired) electrons. The number of benzene rings is 2. The maximum absolute atomic E-state index is 13.0. The summed E-state index contributed by atoms with van der Waals surface area (Å²) in [6, 6.07) is 16.5. The van der Waals surface area contributed by atoms with Crippen LogP contribution in [0.1, 0.15) is 18.2 Å². The van der Waals surface area contributed by atoms with Crippen molar-refractivity contribution in [3.05, 3.63) is 71.2 Å². The molecule has 1 aromatic heterocycles. The molecule has 2 heterocycles. The van der Waals surface area contributed by atoms with E-state index in [0.29, 0.717) is 5.69 Å². The van der Waals surface area contributed by atoms with Crippen molar-refractivity contribution in [3.63, 3.8) is 0 Å². The summed E-state index contributed by atoms with van der Waals surface area (Å²) in [6.45, 7) is 1.87. The number of hydrogen-bond acceptors (Lipinski definition) is 5. The van der Waals surface area contributed by atoms with Crippen LogP contribution in [0.5, 0.6) is 5.75 Å². The normalized spacial score (nSPS) is 19.0. The van der Waals surface area contributed by atoms with Gasteiger partial charge in [0.05, 0.1) is 19.3 Å². The SMILES string of the molecule is COc1ccc(-c2nc(CN3C(=O)N[C@@](C)(c4ccccc4)C3=O)cs2)cc1. The second-order valence-corrected chi connectivity index (χ2v) is 7.54. The molecular weight excluding hydrogens is 374 g/mol. The standard InChI is InChI=1S/C21H19N3O3S/c1-21(15-6-4-3-5-7-15)19(25)24(20(26)23-21)12-16-13-28-18(22-16)14-8-10-17(27-2)11-9-14/h3-11,13H,12H2,1-2H3,(H,23,26)/t21-/m0/s1. The van der Waals surface area contributed by atoms with Gasteiger partial charge in [-0.1, -0.05) is 30.3 Å². The fourth-order valence-electron chi connectivity index (χ4n) is 3.22. The van der Waals surface area contributed by atoms with Crippen LogP contribution in [0, 0.1) is 0 Å². The Kier molecular flexibility index (Phi) is 4.60. The fraction of sp³-hybridized carbons (Fsp3) is 0.190. The first-order chi connectivity index (χ1) is 13.5. The molecule has 0 aliphatic carbocycles. The van der Waals surface area contributed by atoms with Crippen molar-refractivity contribution in [2.75, 3.05) is 7.11 Å². The van der Waals surface area contributed by atoms with Gasteiger partial charge in [0.25, 0.3) is 5.91 Å². The van der Waals surface area contributed by atoms with Gasteiger partial charge in [-0.2, -0.15) is 0 Å². The smallest absolute Gasteiger partial charge is 0.325 e. The van der Waals surface area contributed by atoms with E-state index in [1.54, 1.807) is 14.0 Å². The summed E-state index contributed by atoms with van der Waals surface area (Å²) in [6.07, 6.45) is 0. The van der Waals surface area contributed by atoms with Crippen molar-refractivity contribution >= 4 is 23.3 Å². The highest BCUT2D eigenvalue weighted by atomic mass is 32.1. The molecule has 2 aromatic carbocycles. The molecule has 6 nitrogen and oxygen atoms in total. The average molecular weight is 393 g/mol. The molecule has 4 rings (SSSR count). The Bertz CT molecular complexity index is 1020. The molecule has 7 heteroatoms. The lowest BCUT2D eigenvalue weighted by Crippen LogP contribution is -2.40. The molecular formula is C21H19N3O3S. The zero-order chi connectivity index (χ0) is 19.7. The molecule has 1 fully saturated rings. The van der Waals surface area contributed by atoms with E-state index in [-0.39, 0.29) is 12.5 Å². The minimum atomic E-state index is -1.06. The van der Waals surface area contributed by atoms with Gasteiger partial charge in [0.2, 0.25) is 0 Å². The van der Waals surface area contributed by atoms with Crippen LogP contribution in [-0.2, 0) is 16.9 Å². The van der Waals surface area contributed by atoms with E-state index in [1.165, 1.54) is 16.2 Å². The van der Waals surface area contributed by atoms with E-state index >= 15 is 0 Å². The van der Waals surface area contributed by atoms with Gasteiger partial charge in [0.15, 0.2) is 0 Å². The lowest BCUT2D eigenvalue weighted by atomic mass is 9.92. The Morgan fingerprint density at radius 2 is 1.82 bits per heavy atom. The molecule has 1 aliphatic heterocycles. The minimum Gasteiger partial charge on any atom is -0.497 e. The second kappa shape index (κ2) is 7.09. The number of hydrogen-bond donors (Lipinski definition) is 1. The third kappa shape index (κ3) is 3.14. The van der Waals surface area contributed by atoms with Crippen LogP contribution in [0.25, 0.3) is 10.6 Å². The maximum atomic E-state index is 13.0. The van der Waals surface area contributed by atoms with E-state index < -0.39 is 11.6 Å². The van der Waals surface area contributed by atoms with Crippen LogP contribution in [0.3, 0.4) is 0 Å². The van der Waals surface area contributed by atoms with Crippen LogP contribution in [0.4, 0.5) is 4.79 Å². The zero-order valence-corrected chi connectivity index (χ0v) is 16.3. The third-order valence-electron chi connectivity index (χ3n) is 4.83. The molecule has 1 atom stereocenters. The van der Waals surface area contributed by atoms with Crippen molar-refractivity contribution in [2.24, 2.45) is 0 Å². The van der Waals surface area contributed by atoms with E-state index in [1.807, 2.05) is 60.0 Å². The summed E-state index contributed by atoms with van der Waals surface area (Å²) in [5.41, 5.74) is 1.33. The molecule has 1 saturated heterocycles. The van der Waals surface area contributed by atoms with E-state index in [9.17, 15) is 9.59 Å². The molecule has 0 saturated carbocycles. The topological polar surface area (TPSA) is 71.5 Å². The molecule has 3 amide bonds. The summed E-state index contributed by atoms with van der Waals surface area (Å²) in [7, 11) is 1.62. The monoisotopic (exact) mass is 393 g/mol. The molecule has 1 N–H and O–H groups in total. The summed E-state index contributed by atoms with van der Waals surface area (Å²) >= 11 is 1.48. The second-order valence-electron chi connectivity index (χ2n) is 6.68. The molecule has 1 aliphatic rings. The molecule has 142 valence electrons. The van der Waals surface area contributed by atoms with E-state index in [4.69, 9.17) is 4.74 Å². The summed E-state index contributed by atoms with van der Waals surface area (Å²) in [5, 5.41) is 5.52. The number of thiazole rings is 1. The number of nitrogens with one attached hydrogen (secondary N) is 1. The van der Waals surface area contributed by atoms with Gasteiger partial charge in [-0.15, -0.1) is 11.3 Å². The van der Waals surface area contributed by atoms with Crippen LogP contribution in [0.15, 0.2) is 60.0 Å². The lowest BCUT2D eigenvalue weighted by molar-refractivity contribution is -0.131. The first kappa shape index (κ1) is 18.2. The number of aromatic nitrogens is 1. The Hall–Kier alpha value is -3.19. The summed E-state index contributed by atoms with van der Waals surface area (Å²) in [4.78, 5) is 31.3. The largest absolute Gasteiger partial charge is 0.497 e. The highest BCUT2D eigenvalue weighted by molar-refractivity contribution is 7.13. The molecule has 28 heavy (non-hydrogen) atoms. The van der Waals surface area contributed by atoms with Gasteiger partial charge in [0, 0.05) is 10.9 Å². The molecule has 0 spiro atoms. The Morgan fingerprint density at radius 3 is 2.50 bits per heavy atom. The van der Waals surface area contributed by atoms with Crippen molar-refractivity contribution in [1.82, 2.24) is 15.2 Å². The number of rotatable bonds is 5. The Morgan fingerprint density at radius 1 is 1.11 bits per heavy atom. The summed E-state index contributed by atoms with van der Waals surface area (Å²) < 4.78 is 5.17. The van der Waals surface area contributed by atoms with Crippen molar-refractivity contribution in [2.45, 2.75) is 19.0 Å². The third-order valence-corrected chi connectivity index (χ3v) is 5.78. The maximum Gasteiger partial charge on any atom is 0.325 e. The highest BCUT2D eigenvalue weighted by Gasteiger charge is 2.48. The quantitative estimate of drug-likeness (QED) is 0.670. The molecule has 3 aromatic rings. The fourth-order valence-corrected chi connectivity index (χ4v) is 4.03. The summed E-state index contributed by atoms with van der Waals surface area (Å²) in [5.74, 6) is 0.503. The number of urea groups is 1. The van der Waals surface area contributed by atoms with Gasteiger partial charge in [0.1, 0.15) is 16.3 Å². The predicted octanol–water partition coefficient (Wildman–Crippen LogP) is 3.79. The van der Waals surface area contributed by atoms with E-state index in [0.717, 1.165) is 21.9 Å². The van der Waals surface area contributed by atoms with Crippen molar-refractivity contribution in [1.29, 1.82) is 0 Å². The van der Waals surface area contributed by atoms with Gasteiger partial charge >= 0.3 is 6.03 Å². The molecule has 0 unspecified atom stereocenters. The number of imide groups is 1. The minimum absolute atomic E-state index is 0.139. The Balaban J connectivity index is 1.54. The predicted molar refractivity (Wildman–Crippen MR) is 107 cm³/mol.